The van der Waals surface area contributed by atoms with E-state index in [2.05, 4.69) is 35.8 Å². The molecule has 2 heterocycles. The first kappa shape index (κ1) is 12.7. The summed E-state index contributed by atoms with van der Waals surface area (Å²) in [6, 6.07) is 1.94. The molecule has 3 atom stereocenters. The molecule has 0 aromatic rings. The quantitative estimate of drug-likeness (QED) is 0.803. The molecule has 4 heteroatoms. The Morgan fingerprint density at radius 2 is 2.06 bits per heavy atom. The fourth-order valence-electron chi connectivity index (χ4n) is 2.48. The fraction of sp³-hybridized carbons (Fsp3) is 1.00. The molecule has 0 aromatic heterocycles. The van der Waals surface area contributed by atoms with Gasteiger partial charge in [0, 0.05) is 37.0 Å². The van der Waals surface area contributed by atoms with Crippen molar-refractivity contribution in [1.82, 2.24) is 10.2 Å². The van der Waals surface area contributed by atoms with Crippen molar-refractivity contribution in [1.29, 1.82) is 0 Å². The Morgan fingerprint density at radius 3 is 2.69 bits per heavy atom. The molecule has 94 valence electrons. The van der Waals surface area contributed by atoms with Gasteiger partial charge in [0.05, 0.1) is 13.2 Å². The lowest BCUT2D eigenvalue weighted by molar-refractivity contribution is 0.0130. The number of nitrogens with one attached hydrogen (secondary N) is 1. The summed E-state index contributed by atoms with van der Waals surface area (Å²) in [6.07, 6.45) is 1.34. The Balaban J connectivity index is 1.75. The zero-order valence-electron chi connectivity index (χ0n) is 10.4. The van der Waals surface area contributed by atoms with E-state index in [1.54, 1.807) is 0 Å². The van der Waals surface area contributed by atoms with Gasteiger partial charge in [-0.05, 0) is 26.0 Å². The molecule has 0 bridgehead atoms. The summed E-state index contributed by atoms with van der Waals surface area (Å²) in [6.45, 7) is 8.64. The van der Waals surface area contributed by atoms with Crippen LogP contribution in [-0.2, 0) is 4.74 Å². The maximum absolute atomic E-state index is 5.40. The molecule has 2 aliphatic rings. The van der Waals surface area contributed by atoms with Gasteiger partial charge >= 0.3 is 0 Å². The number of hydrogen-bond acceptors (Lipinski definition) is 4. The van der Waals surface area contributed by atoms with Gasteiger partial charge in [-0.2, -0.15) is 11.8 Å². The lowest BCUT2D eigenvalue weighted by Crippen LogP contribution is -2.53. The van der Waals surface area contributed by atoms with Gasteiger partial charge in [0.15, 0.2) is 0 Å². The third-order valence-electron chi connectivity index (χ3n) is 3.77. The molecular formula is C12H24N2OS. The van der Waals surface area contributed by atoms with Gasteiger partial charge in [0.2, 0.25) is 0 Å². The van der Waals surface area contributed by atoms with Gasteiger partial charge in [0.25, 0.3) is 0 Å². The molecular weight excluding hydrogens is 220 g/mol. The second-order valence-electron chi connectivity index (χ2n) is 4.90. The minimum absolute atomic E-state index is 0.585. The molecule has 0 saturated carbocycles. The maximum atomic E-state index is 5.40. The highest BCUT2D eigenvalue weighted by molar-refractivity contribution is 7.99. The summed E-state index contributed by atoms with van der Waals surface area (Å²) in [4.78, 5) is 2.54. The molecule has 0 amide bonds. The van der Waals surface area contributed by atoms with Crippen LogP contribution in [0.15, 0.2) is 0 Å². The number of hydrogen-bond donors (Lipinski definition) is 1. The minimum atomic E-state index is 0.585. The van der Waals surface area contributed by atoms with E-state index in [0.717, 1.165) is 32.3 Å². The van der Waals surface area contributed by atoms with Crippen LogP contribution in [-0.4, -0.2) is 60.8 Å². The SMILES string of the molecule is CC(NC1CCSC1)C(C)N1CCOCC1. The van der Waals surface area contributed by atoms with Crippen LogP contribution in [0.1, 0.15) is 20.3 Å². The zero-order chi connectivity index (χ0) is 11.4. The molecule has 0 spiro atoms. The second-order valence-corrected chi connectivity index (χ2v) is 6.05. The van der Waals surface area contributed by atoms with Crippen molar-refractivity contribution < 1.29 is 4.74 Å². The summed E-state index contributed by atoms with van der Waals surface area (Å²) in [5, 5.41) is 3.77. The number of morpholine rings is 1. The Bertz CT molecular complexity index is 203. The van der Waals surface area contributed by atoms with E-state index in [4.69, 9.17) is 4.74 Å². The third kappa shape index (κ3) is 3.36. The normalized spacial score (nSPS) is 31.5. The molecule has 1 N–H and O–H groups in total. The Morgan fingerprint density at radius 1 is 1.31 bits per heavy atom. The summed E-state index contributed by atoms with van der Waals surface area (Å²) in [7, 11) is 0. The Kier molecular flexibility index (Phi) is 4.95. The van der Waals surface area contributed by atoms with E-state index < -0.39 is 0 Å². The van der Waals surface area contributed by atoms with Crippen molar-refractivity contribution in [2.45, 2.75) is 38.4 Å². The Hall–Kier alpha value is 0.230. The van der Waals surface area contributed by atoms with Crippen molar-refractivity contribution in [2.24, 2.45) is 0 Å². The van der Waals surface area contributed by atoms with E-state index in [-0.39, 0.29) is 0 Å². The maximum Gasteiger partial charge on any atom is 0.0594 e. The van der Waals surface area contributed by atoms with Crippen LogP contribution in [0.3, 0.4) is 0 Å². The van der Waals surface area contributed by atoms with E-state index in [9.17, 15) is 0 Å². The van der Waals surface area contributed by atoms with Crippen molar-refractivity contribution in [3.05, 3.63) is 0 Å². The lowest BCUT2D eigenvalue weighted by Gasteiger charge is -2.36. The number of thioether (sulfide) groups is 1. The molecule has 0 radical (unpaired) electrons. The van der Waals surface area contributed by atoms with Gasteiger partial charge in [0.1, 0.15) is 0 Å². The predicted molar refractivity (Wildman–Crippen MR) is 70.2 cm³/mol. The van der Waals surface area contributed by atoms with Crippen LogP contribution in [0, 0.1) is 0 Å². The molecule has 0 aliphatic carbocycles. The largest absolute Gasteiger partial charge is 0.379 e. The highest BCUT2D eigenvalue weighted by Gasteiger charge is 2.25. The first-order valence-electron chi connectivity index (χ1n) is 6.43. The van der Waals surface area contributed by atoms with Crippen molar-refractivity contribution in [3.8, 4) is 0 Å². The standard InChI is InChI=1S/C12H24N2OS/c1-10(13-12-3-8-16-9-12)11(2)14-4-6-15-7-5-14/h10-13H,3-9H2,1-2H3. The van der Waals surface area contributed by atoms with E-state index in [0.29, 0.717) is 12.1 Å². The average molecular weight is 244 g/mol. The van der Waals surface area contributed by atoms with Crippen LogP contribution in [0.4, 0.5) is 0 Å². The van der Waals surface area contributed by atoms with Gasteiger partial charge in [-0.25, -0.2) is 0 Å². The highest BCUT2D eigenvalue weighted by atomic mass is 32.2. The van der Waals surface area contributed by atoms with E-state index in [1.807, 2.05) is 0 Å². The zero-order valence-corrected chi connectivity index (χ0v) is 11.3. The van der Waals surface area contributed by atoms with Crippen LogP contribution in [0.25, 0.3) is 0 Å². The van der Waals surface area contributed by atoms with Gasteiger partial charge in [-0.1, -0.05) is 0 Å². The lowest BCUT2D eigenvalue weighted by atomic mass is 10.1. The summed E-state index contributed by atoms with van der Waals surface area (Å²) in [5.74, 6) is 2.62. The van der Waals surface area contributed by atoms with E-state index in [1.165, 1.54) is 17.9 Å². The summed E-state index contributed by atoms with van der Waals surface area (Å²) >= 11 is 2.08. The third-order valence-corrected chi connectivity index (χ3v) is 4.94. The van der Waals surface area contributed by atoms with Crippen LogP contribution < -0.4 is 5.32 Å². The molecule has 3 unspecified atom stereocenters. The second kappa shape index (κ2) is 6.24. The molecule has 0 aromatic carbocycles. The molecule has 2 fully saturated rings. The highest BCUT2D eigenvalue weighted by Crippen LogP contribution is 2.18. The van der Waals surface area contributed by atoms with Gasteiger partial charge < -0.3 is 10.1 Å². The van der Waals surface area contributed by atoms with Crippen molar-refractivity contribution in [2.75, 3.05) is 37.8 Å². The van der Waals surface area contributed by atoms with Crippen LogP contribution >= 0.6 is 11.8 Å². The first-order valence-corrected chi connectivity index (χ1v) is 7.58. The van der Waals surface area contributed by atoms with Gasteiger partial charge in [-0.15, -0.1) is 0 Å². The number of rotatable bonds is 4. The number of ether oxygens (including phenoxy) is 1. The molecule has 3 nitrogen and oxygen atoms in total. The average Bonchev–Trinajstić information content (AvgIpc) is 2.82. The van der Waals surface area contributed by atoms with Crippen molar-refractivity contribution in [3.63, 3.8) is 0 Å². The molecule has 16 heavy (non-hydrogen) atoms. The minimum Gasteiger partial charge on any atom is -0.379 e. The topological polar surface area (TPSA) is 24.5 Å². The monoisotopic (exact) mass is 244 g/mol. The number of nitrogens with zero attached hydrogens (tertiary/aromatic N) is 1. The Labute approximate surface area is 103 Å². The van der Waals surface area contributed by atoms with Gasteiger partial charge in [-0.3, -0.25) is 4.90 Å². The van der Waals surface area contributed by atoms with E-state index >= 15 is 0 Å². The van der Waals surface area contributed by atoms with Crippen molar-refractivity contribution >= 4 is 11.8 Å². The summed E-state index contributed by atoms with van der Waals surface area (Å²) < 4.78 is 5.40. The first-order chi connectivity index (χ1) is 7.77. The van der Waals surface area contributed by atoms with Crippen LogP contribution in [0.5, 0.6) is 0 Å². The predicted octanol–water partition coefficient (Wildman–Crippen LogP) is 1.19. The van der Waals surface area contributed by atoms with Crippen LogP contribution in [0.2, 0.25) is 0 Å². The molecule has 2 rings (SSSR count). The summed E-state index contributed by atoms with van der Waals surface area (Å²) in [5.41, 5.74) is 0. The molecule has 2 saturated heterocycles. The fourth-order valence-corrected chi connectivity index (χ4v) is 3.64. The molecule has 2 aliphatic heterocycles. The smallest absolute Gasteiger partial charge is 0.0594 e.